The number of carbonyl (C=O) groups excluding carboxylic acids is 1. The van der Waals surface area contributed by atoms with Gasteiger partial charge in [0.05, 0.1) is 44.6 Å². The molecule has 0 radical (unpaired) electrons. The van der Waals surface area contributed by atoms with Crippen molar-refractivity contribution in [3.63, 3.8) is 0 Å². The van der Waals surface area contributed by atoms with Crippen LogP contribution >= 0.6 is 11.8 Å². The molecule has 0 aliphatic carbocycles. The first-order valence-corrected chi connectivity index (χ1v) is 12.9. The van der Waals surface area contributed by atoms with E-state index in [4.69, 9.17) is 5.26 Å². The lowest BCUT2D eigenvalue weighted by Gasteiger charge is -2.14. The average Bonchev–Trinajstić information content (AvgIpc) is 2.83. The number of hydrogen-bond acceptors (Lipinski definition) is 7. The van der Waals surface area contributed by atoms with E-state index >= 15 is 0 Å². The Bertz CT molecular complexity index is 1610. The topological polar surface area (TPSA) is 122 Å². The van der Waals surface area contributed by atoms with Gasteiger partial charge in [-0.1, -0.05) is 36.0 Å². The third-order valence-electron chi connectivity index (χ3n) is 4.89. The largest absolute Gasteiger partial charge is 0.324 e. The van der Waals surface area contributed by atoms with E-state index in [-0.39, 0.29) is 21.9 Å². The SMILES string of the molecule is CS(=O)(=O)c1ccccc1NC(=O)CSc1nc2ccccc2c(=O)n1-c1ccc(C#N)cc1. The molecule has 4 rings (SSSR count). The molecule has 0 fully saturated rings. The van der Waals surface area contributed by atoms with Crippen molar-refractivity contribution >= 4 is 44.1 Å². The number of thioether (sulfide) groups is 1. The average molecular weight is 491 g/mol. The summed E-state index contributed by atoms with van der Waals surface area (Å²) in [5.41, 5.74) is 1.33. The predicted molar refractivity (Wildman–Crippen MR) is 131 cm³/mol. The van der Waals surface area contributed by atoms with Gasteiger partial charge in [0.15, 0.2) is 15.0 Å². The third-order valence-corrected chi connectivity index (χ3v) is 6.99. The molecule has 0 saturated heterocycles. The highest BCUT2D eigenvalue weighted by Gasteiger charge is 2.17. The summed E-state index contributed by atoms with van der Waals surface area (Å²) in [6.07, 6.45) is 1.07. The number of benzene rings is 3. The second-order valence-corrected chi connectivity index (χ2v) is 10.2. The van der Waals surface area contributed by atoms with Crippen molar-refractivity contribution in [3.8, 4) is 11.8 Å². The molecular weight excluding hydrogens is 472 g/mol. The normalized spacial score (nSPS) is 11.2. The van der Waals surface area contributed by atoms with Gasteiger partial charge in [-0.05, 0) is 48.5 Å². The van der Waals surface area contributed by atoms with Gasteiger partial charge in [-0.15, -0.1) is 0 Å². The van der Waals surface area contributed by atoms with Crippen molar-refractivity contribution in [2.24, 2.45) is 0 Å². The first kappa shape index (κ1) is 23.2. The molecule has 3 aromatic carbocycles. The van der Waals surface area contributed by atoms with Gasteiger partial charge in [-0.2, -0.15) is 5.26 Å². The molecule has 170 valence electrons. The fraction of sp³-hybridized carbons (Fsp3) is 0.0833. The van der Waals surface area contributed by atoms with E-state index in [1.165, 1.54) is 16.7 Å². The van der Waals surface area contributed by atoms with Gasteiger partial charge in [0.25, 0.3) is 5.56 Å². The molecule has 8 nitrogen and oxygen atoms in total. The van der Waals surface area contributed by atoms with Crippen LogP contribution < -0.4 is 10.9 Å². The van der Waals surface area contributed by atoms with Crippen molar-refractivity contribution in [1.82, 2.24) is 9.55 Å². The van der Waals surface area contributed by atoms with E-state index in [9.17, 15) is 18.0 Å². The van der Waals surface area contributed by atoms with Crippen molar-refractivity contribution < 1.29 is 13.2 Å². The molecular formula is C24H18N4O4S2. The summed E-state index contributed by atoms with van der Waals surface area (Å²) in [6.45, 7) is 0. The van der Waals surface area contributed by atoms with Crippen LogP contribution in [0.4, 0.5) is 5.69 Å². The number of nitrogens with one attached hydrogen (secondary N) is 1. The lowest BCUT2D eigenvalue weighted by molar-refractivity contribution is -0.113. The Morgan fingerprint density at radius 1 is 1.06 bits per heavy atom. The Kier molecular flexibility index (Phi) is 6.49. The summed E-state index contributed by atoms with van der Waals surface area (Å²) in [4.78, 5) is 30.5. The summed E-state index contributed by atoms with van der Waals surface area (Å²) >= 11 is 1.05. The number of rotatable bonds is 6. The van der Waals surface area contributed by atoms with Crippen molar-refractivity contribution in [3.05, 3.63) is 88.7 Å². The number of aromatic nitrogens is 2. The Morgan fingerprint density at radius 3 is 2.44 bits per heavy atom. The van der Waals surface area contributed by atoms with Gasteiger partial charge >= 0.3 is 0 Å². The van der Waals surface area contributed by atoms with Crippen molar-refractivity contribution in [1.29, 1.82) is 5.26 Å². The quantitative estimate of drug-likeness (QED) is 0.325. The second kappa shape index (κ2) is 9.51. The number of carbonyl (C=O) groups is 1. The van der Waals surface area contributed by atoms with E-state index in [1.807, 2.05) is 6.07 Å². The highest BCUT2D eigenvalue weighted by molar-refractivity contribution is 7.99. The number of amides is 1. The molecule has 4 aromatic rings. The monoisotopic (exact) mass is 490 g/mol. The molecule has 1 amide bonds. The summed E-state index contributed by atoms with van der Waals surface area (Å²) in [5.74, 6) is -0.561. The Morgan fingerprint density at radius 2 is 1.74 bits per heavy atom. The lowest BCUT2D eigenvalue weighted by Crippen LogP contribution is -2.23. The van der Waals surface area contributed by atoms with Crippen molar-refractivity contribution in [2.45, 2.75) is 10.1 Å². The summed E-state index contributed by atoms with van der Waals surface area (Å²) in [7, 11) is -3.53. The van der Waals surface area contributed by atoms with Gasteiger partial charge in [0.1, 0.15) is 0 Å². The molecule has 0 unspecified atom stereocenters. The maximum Gasteiger partial charge on any atom is 0.266 e. The molecule has 0 saturated carbocycles. The second-order valence-electron chi connectivity index (χ2n) is 7.32. The summed E-state index contributed by atoms with van der Waals surface area (Å²) in [5, 5.41) is 12.4. The fourth-order valence-electron chi connectivity index (χ4n) is 3.33. The van der Waals surface area contributed by atoms with Gasteiger partial charge in [-0.3, -0.25) is 14.2 Å². The molecule has 34 heavy (non-hydrogen) atoms. The van der Waals surface area contributed by atoms with Crippen LogP contribution in [0.2, 0.25) is 0 Å². The minimum Gasteiger partial charge on any atom is -0.324 e. The smallest absolute Gasteiger partial charge is 0.266 e. The molecule has 0 spiro atoms. The number of sulfone groups is 1. The van der Waals surface area contributed by atoms with E-state index in [0.717, 1.165) is 18.0 Å². The standard InChI is InChI=1S/C24H18N4O4S2/c1-34(31,32)21-9-5-4-8-20(21)26-22(29)15-33-24-27-19-7-3-2-6-18(19)23(30)28(24)17-12-10-16(14-25)11-13-17/h2-13H,15H2,1H3,(H,26,29). The molecule has 10 heteroatoms. The van der Waals surface area contributed by atoms with Crippen LogP contribution in [-0.4, -0.2) is 35.9 Å². The number of nitrogens with zero attached hydrogens (tertiary/aromatic N) is 3. The first-order chi connectivity index (χ1) is 16.3. The minimum atomic E-state index is -3.53. The van der Waals surface area contributed by atoms with Crippen molar-refractivity contribution in [2.75, 3.05) is 17.3 Å². The molecule has 0 atom stereocenters. The fourth-order valence-corrected chi connectivity index (χ4v) is 4.99. The van der Waals surface area contributed by atoms with E-state index in [0.29, 0.717) is 27.3 Å². The maximum absolute atomic E-state index is 13.3. The molecule has 1 aromatic heterocycles. The van der Waals surface area contributed by atoms with E-state index in [2.05, 4.69) is 10.3 Å². The van der Waals surface area contributed by atoms with Crippen LogP contribution in [-0.2, 0) is 14.6 Å². The summed E-state index contributed by atoms with van der Waals surface area (Å²) < 4.78 is 25.4. The van der Waals surface area contributed by atoms with Gasteiger partial charge in [0, 0.05) is 6.26 Å². The molecule has 0 aliphatic rings. The summed E-state index contributed by atoms with van der Waals surface area (Å²) in [6, 6.07) is 21.6. The van der Waals surface area contributed by atoms with Crippen LogP contribution in [0.3, 0.4) is 0 Å². The number of fused-ring (bicyclic) bond motifs is 1. The Balaban J connectivity index is 1.67. The Labute approximate surface area is 199 Å². The maximum atomic E-state index is 13.3. The molecule has 1 N–H and O–H groups in total. The minimum absolute atomic E-state index is 0.0201. The lowest BCUT2D eigenvalue weighted by atomic mass is 10.2. The van der Waals surface area contributed by atoms with Crippen LogP contribution in [0.5, 0.6) is 0 Å². The zero-order valence-corrected chi connectivity index (χ0v) is 19.6. The van der Waals surface area contributed by atoms with Crippen LogP contribution in [0.15, 0.2) is 87.6 Å². The Hall–Kier alpha value is -3.94. The van der Waals surface area contributed by atoms with E-state index < -0.39 is 15.7 Å². The van der Waals surface area contributed by atoms with Gasteiger partial charge < -0.3 is 5.32 Å². The third kappa shape index (κ3) is 4.85. The molecule has 0 aliphatic heterocycles. The number of anilines is 1. The van der Waals surface area contributed by atoms with Crippen LogP contribution in [0, 0.1) is 11.3 Å². The van der Waals surface area contributed by atoms with Crippen LogP contribution in [0.25, 0.3) is 16.6 Å². The van der Waals surface area contributed by atoms with Gasteiger partial charge in [0.2, 0.25) is 5.91 Å². The number of para-hydroxylation sites is 2. The highest BCUT2D eigenvalue weighted by atomic mass is 32.2. The number of hydrogen-bond donors (Lipinski definition) is 1. The number of nitriles is 1. The highest BCUT2D eigenvalue weighted by Crippen LogP contribution is 2.24. The zero-order chi connectivity index (χ0) is 24.3. The molecule has 1 heterocycles. The molecule has 0 bridgehead atoms. The zero-order valence-electron chi connectivity index (χ0n) is 17.9. The van der Waals surface area contributed by atoms with Gasteiger partial charge in [-0.25, -0.2) is 13.4 Å². The predicted octanol–water partition coefficient (Wildman–Crippen LogP) is 3.39. The first-order valence-electron chi connectivity index (χ1n) is 10.0. The van der Waals surface area contributed by atoms with Crippen LogP contribution in [0.1, 0.15) is 5.56 Å². The van der Waals surface area contributed by atoms with E-state index in [1.54, 1.807) is 60.7 Å².